The number of nitrogens with one attached hydrogen (secondary N) is 2. The van der Waals surface area contributed by atoms with Gasteiger partial charge in [-0.3, -0.25) is 9.59 Å². The van der Waals surface area contributed by atoms with Crippen LogP contribution in [0.2, 0.25) is 0 Å². The average Bonchev–Trinajstić information content (AvgIpc) is 2.60. The Bertz CT molecular complexity index is 757. The quantitative estimate of drug-likeness (QED) is 0.629. The number of carbonyl (C=O) groups excluding carboxylic acids is 2. The Morgan fingerprint density at radius 3 is 2.71 bits per heavy atom. The first-order valence-corrected chi connectivity index (χ1v) is 7.40. The van der Waals surface area contributed by atoms with Gasteiger partial charge in [0.15, 0.2) is 0 Å². The fourth-order valence-corrected chi connectivity index (χ4v) is 2.02. The fourth-order valence-electron chi connectivity index (χ4n) is 2.02. The van der Waals surface area contributed by atoms with E-state index in [-0.39, 0.29) is 12.5 Å². The van der Waals surface area contributed by atoms with E-state index in [1.54, 1.807) is 25.3 Å². The molecule has 0 radical (unpaired) electrons. The highest BCUT2D eigenvalue weighted by Crippen LogP contribution is 2.10. The van der Waals surface area contributed by atoms with Gasteiger partial charge in [0.2, 0.25) is 0 Å². The molecule has 2 aromatic rings. The Morgan fingerprint density at radius 2 is 1.96 bits per heavy atom. The van der Waals surface area contributed by atoms with E-state index in [2.05, 4.69) is 15.8 Å². The molecule has 0 spiro atoms. The molecule has 24 heavy (non-hydrogen) atoms. The highest BCUT2D eigenvalue weighted by molar-refractivity contribution is 5.97. The zero-order chi connectivity index (χ0) is 17.4. The summed E-state index contributed by atoms with van der Waals surface area (Å²) in [7, 11) is 1.58. The van der Waals surface area contributed by atoms with Crippen LogP contribution >= 0.6 is 0 Å². The lowest BCUT2D eigenvalue weighted by molar-refractivity contribution is -0.120. The fraction of sp³-hybridized carbons (Fsp3) is 0.167. The van der Waals surface area contributed by atoms with E-state index in [9.17, 15) is 9.59 Å². The Balaban J connectivity index is 1.82. The van der Waals surface area contributed by atoms with E-state index in [0.29, 0.717) is 11.3 Å². The number of carbonyl (C=O) groups is 2. The Kier molecular flexibility index (Phi) is 6.08. The molecule has 2 amide bonds. The predicted octanol–water partition coefficient (Wildman–Crippen LogP) is 1.88. The van der Waals surface area contributed by atoms with Gasteiger partial charge in [0.25, 0.3) is 11.8 Å². The minimum atomic E-state index is -0.406. The van der Waals surface area contributed by atoms with Gasteiger partial charge in [-0.15, -0.1) is 0 Å². The van der Waals surface area contributed by atoms with E-state index in [1.807, 2.05) is 37.3 Å². The molecule has 0 saturated heterocycles. The summed E-state index contributed by atoms with van der Waals surface area (Å²) in [5.74, 6) is 0.00637. The molecule has 0 heterocycles. The SMILES string of the molecule is COc1cccc(/C=N/NC(=O)CNC(=O)c2ccccc2C)c1. The molecule has 0 saturated carbocycles. The van der Waals surface area contributed by atoms with Crippen molar-refractivity contribution < 1.29 is 14.3 Å². The number of benzene rings is 2. The maximum atomic E-state index is 12.0. The number of aryl methyl sites for hydroxylation is 1. The second-order valence-electron chi connectivity index (χ2n) is 5.07. The highest BCUT2D eigenvalue weighted by Gasteiger charge is 2.09. The largest absolute Gasteiger partial charge is 0.497 e. The lowest BCUT2D eigenvalue weighted by atomic mass is 10.1. The van der Waals surface area contributed by atoms with Gasteiger partial charge in [0.1, 0.15) is 5.75 Å². The third-order valence-corrected chi connectivity index (χ3v) is 3.30. The average molecular weight is 325 g/mol. The summed E-state index contributed by atoms with van der Waals surface area (Å²) in [5, 5.41) is 6.42. The second-order valence-corrected chi connectivity index (χ2v) is 5.07. The topological polar surface area (TPSA) is 79.8 Å². The number of rotatable bonds is 6. The van der Waals surface area contributed by atoms with Crippen molar-refractivity contribution in [2.24, 2.45) is 5.10 Å². The molecular formula is C18H19N3O3. The molecule has 6 heteroatoms. The van der Waals surface area contributed by atoms with Crippen LogP contribution in [0.5, 0.6) is 5.75 Å². The van der Waals surface area contributed by atoms with Crippen LogP contribution in [0.3, 0.4) is 0 Å². The van der Waals surface area contributed by atoms with Crippen molar-refractivity contribution in [3.8, 4) is 5.75 Å². The van der Waals surface area contributed by atoms with Crippen molar-refractivity contribution in [2.75, 3.05) is 13.7 Å². The molecule has 0 aliphatic rings. The van der Waals surface area contributed by atoms with Gasteiger partial charge in [-0.25, -0.2) is 5.43 Å². The number of hydrazone groups is 1. The van der Waals surface area contributed by atoms with E-state index in [0.717, 1.165) is 11.1 Å². The summed E-state index contributed by atoms with van der Waals surface area (Å²) in [6.45, 7) is 1.69. The van der Waals surface area contributed by atoms with Crippen molar-refractivity contribution >= 4 is 18.0 Å². The summed E-state index contributed by atoms with van der Waals surface area (Å²) >= 11 is 0. The maximum Gasteiger partial charge on any atom is 0.259 e. The molecule has 0 aliphatic heterocycles. The number of nitrogens with zero attached hydrogens (tertiary/aromatic N) is 1. The standard InChI is InChI=1S/C18H19N3O3/c1-13-6-3-4-9-16(13)18(23)19-12-17(22)21-20-11-14-7-5-8-15(10-14)24-2/h3-11H,12H2,1-2H3,(H,19,23)(H,21,22)/b20-11+. The molecule has 0 bridgehead atoms. The molecule has 0 atom stereocenters. The monoisotopic (exact) mass is 325 g/mol. The number of amides is 2. The number of ether oxygens (including phenoxy) is 1. The third kappa shape index (κ3) is 4.95. The molecule has 0 unspecified atom stereocenters. The first-order valence-electron chi connectivity index (χ1n) is 7.40. The zero-order valence-corrected chi connectivity index (χ0v) is 13.6. The summed E-state index contributed by atoms with van der Waals surface area (Å²) in [6.07, 6.45) is 1.50. The van der Waals surface area contributed by atoms with Crippen LogP contribution in [0.1, 0.15) is 21.5 Å². The lowest BCUT2D eigenvalue weighted by Crippen LogP contribution is -2.35. The number of hydrogen-bond acceptors (Lipinski definition) is 4. The number of methoxy groups -OCH3 is 1. The molecule has 2 aromatic carbocycles. The van der Waals surface area contributed by atoms with Gasteiger partial charge in [0, 0.05) is 5.56 Å². The second kappa shape index (κ2) is 8.47. The molecule has 0 aromatic heterocycles. The molecular weight excluding hydrogens is 306 g/mol. The molecule has 0 aliphatic carbocycles. The third-order valence-electron chi connectivity index (χ3n) is 3.30. The van der Waals surface area contributed by atoms with Gasteiger partial charge in [-0.05, 0) is 36.2 Å². The number of hydrogen-bond donors (Lipinski definition) is 2. The van der Waals surface area contributed by atoms with E-state index < -0.39 is 5.91 Å². The summed E-state index contributed by atoms with van der Waals surface area (Å²) in [6, 6.07) is 14.4. The molecule has 2 rings (SSSR count). The predicted molar refractivity (Wildman–Crippen MR) is 92.2 cm³/mol. The minimum Gasteiger partial charge on any atom is -0.497 e. The molecule has 0 fully saturated rings. The molecule has 124 valence electrons. The normalized spacial score (nSPS) is 10.4. The van der Waals surface area contributed by atoms with Crippen LogP contribution in [-0.2, 0) is 4.79 Å². The summed E-state index contributed by atoms with van der Waals surface area (Å²) in [4.78, 5) is 23.7. The van der Waals surface area contributed by atoms with Gasteiger partial charge in [-0.2, -0.15) is 5.10 Å². The van der Waals surface area contributed by atoms with E-state index in [4.69, 9.17) is 4.74 Å². The van der Waals surface area contributed by atoms with Crippen LogP contribution in [0.25, 0.3) is 0 Å². The van der Waals surface area contributed by atoms with Crippen LogP contribution < -0.4 is 15.5 Å². The van der Waals surface area contributed by atoms with Crippen molar-refractivity contribution in [3.63, 3.8) is 0 Å². The van der Waals surface area contributed by atoms with Crippen molar-refractivity contribution in [1.82, 2.24) is 10.7 Å². The van der Waals surface area contributed by atoms with Gasteiger partial charge in [-0.1, -0.05) is 30.3 Å². The lowest BCUT2D eigenvalue weighted by Gasteiger charge is -2.06. The Labute approximate surface area is 140 Å². The van der Waals surface area contributed by atoms with Gasteiger partial charge < -0.3 is 10.1 Å². The van der Waals surface area contributed by atoms with Crippen LogP contribution in [0.15, 0.2) is 53.6 Å². The van der Waals surface area contributed by atoms with Gasteiger partial charge in [0.05, 0.1) is 19.9 Å². The Hall–Kier alpha value is -3.15. The van der Waals surface area contributed by atoms with E-state index in [1.165, 1.54) is 6.21 Å². The van der Waals surface area contributed by atoms with Gasteiger partial charge >= 0.3 is 0 Å². The highest BCUT2D eigenvalue weighted by atomic mass is 16.5. The van der Waals surface area contributed by atoms with E-state index >= 15 is 0 Å². The van der Waals surface area contributed by atoms with Crippen molar-refractivity contribution in [3.05, 3.63) is 65.2 Å². The zero-order valence-electron chi connectivity index (χ0n) is 13.6. The Morgan fingerprint density at radius 1 is 1.17 bits per heavy atom. The van der Waals surface area contributed by atoms with Crippen LogP contribution in [0, 0.1) is 6.92 Å². The molecule has 2 N–H and O–H groups in total. The first kappa shape index (κ1) is 17.2. The smallest absolute Gasteiger partial charge is 0.259 e. The minimum absolute atomic E-state index is 0.150. The summed E-state index contributed by atoms with van der Waals surface area (Å²) in [5.41, 5.74) is 4.56. The molecule has 6 nitrogen and oxygen atoms in total. The van der Waals surface area contributed by atoms with Crippen molar-refractivity contribution in [2.45, 2.75) is 6.92 Å². The summed E-state index contributed by atoms with van der Waals surface area (Å²) < 4.78 is 5.10. The van der Waals surface area contributed by atoms with Crippen LogP contribution in [-0.4, -0.2) is 31.7 Å². The van der Waals surface area contributed by atoms with Crippen molar-refractivity contribution in [1.29, 1.82) is 0 Å². The van der Waals surface area contributed by atoms with Crippen LogP contribution in [0.4, 0.5) is 0 Å². The maximum absolute atomic E-state index is 12.0. The first-order chi connectivity index (χ1) is 11.6.